The van der Waals surface area contributed by atoms with Gasteiger partial charge in [0, 0.05) is 18.5 Å². The number of benzene rings is 1. The summed E-state index contributed by atoms with van der Waals surface area (Å²) < 4.78 is 81.0. The fraction of sp³-hybridized carbons (Fsp3) is 0.455. The highest BCUT2D eigenvalue weighted by atomic mass is 32.2. The summed E-state index contributed by atoms with van der Waals surface area (Å²) in [5.74, 6) is -0.0134. The Bertz CT molecular complexity index is 679. The lowest BCUT2D eigenvalue weighted by molar-refractivity contribution is -0.0436. The number of hydrogen-bond acceptors (Lipinski definition) is 5. The van der Waals surface area contributed by atoms with Crippen LogP contribution in [0.5, 0.6) is 0 Å². The summed E-state index contributed by atoms with van der Waals surface area (Å²) in [5.41, 5.74) is -4.93. The van der Waals surface area contributed by atoms with Gasteiger partial charge in [-0.05, 0) is 30.7 Å². The third-order valence-corrected chi connectivity index (χ3v) is 5.02. The Kier molecular flexibility index (Phi) is 5.26. The predicted molar refractivity (Wildman–Crippen MR) is 72.5 cm³/mol. The molecule has 1 N–H and O–H groups in total. The number of rotatable bonds is 6. The first-order valence-corrected chi connectivity index (χ1v) is 9.31. The second-order valence-corrected chi connectivity index (χ2v) is 8.58. The van der Waals surface area contributed by atoms with E-state index in [-0.39, 0.29) is 5.75 Å². The van der Waals surface area contributed by atoms with E-state index in [1.54, 1.807) is 0 Å². The molecule has 0 heterocycles. The van der Waals surface area contributed by atoms with E-state index in [9.17, 15) is 30.0 Å². The first-order chi connectivity index (χ1) is 9.43. The van der Waals surface area contributed by atoms with Crippen LogP contribution in [0.3, 0.4) is 0 Å². The van der Waals surface area contributed by atoms with Gasteiger partial charge in [0.1, 0.15) is 9.84 Å². The summed E-state index contributed by atoms with van der Waals surface area (Å²) in [4.78, 5) is -0.836. The van der Waals surface area contributed by atoms with Gasteiger partial charge in [0.25, 0.3) is 9.84 Å². The zero-order chi connectivity index (χ0) is 16.3. The van der Waals surface area contributed by atoms with Gasteiger partial charge in [0.05, 0.1) is 10.6 Å². The van der Waals surface area contributed by atoms with Crippen LogP contribution in [-0.4, -0.2) is 40.9 Å². The molecule has 21 heavy (non-hydrogen) atoms. The molecule has 5 nitrogen and oxygen atoms in total. The quantitative estimate of drug-likeness (QED) is 0.796. The van der Waals surface area contributed by atoms with E-state index in [1.807, 2.05) is 0 Å². The molecule has 0 amide bonds. The van der Waals surface area contributed by atoms with Gasteiger partial charge < -0.3 is 5.32 Å². The van der Waals surface area contributed by atoms with Crippen LogP contribution in [-0.2, 0) is 19.7 Å². The Morgan fingerprint density at radius 3 is 2.00 bits per heavy atom. The highest BCUT2D eigenvalue weighted by Gasteiger charge is 2.46. The third kappa shape index (κ3) is 5.20. The minimum atomic E-state index is -5.34. The molecule has 1 aromatic carbocycles. The largest absolute Gasteiger partial charge is 0.501 e. The average molecular weight is 345 g/mol. The predicted octanol–water partition coefficient (Wildman–Crippen LogP) is 1.83. The summed E-state index contributed by atoms with van der Waals surface area (Å²) in [7, 11) is -8.41. The molecule has 0 aliphatic heterocycles. The SMILES string of the molecule is CS(=O)(=O)CCCNc1ccc(S(=O)(=O)C(F)(F)F)cc1. The Morgan fingerprint density at radius 2 is 1.57 bits per heavy atom. The lowest BCUT2D eigenvalue weighted by Gasteiger charge is -2.09. The Morgan fingerprint density at radius 1 is 1.05 bits per heavy atom. The van der Waals surface area contributed by atoms with Crippen molar-refractivity contribution in [2.45, 2.75) is 16.8 Å². The molecule has 10 heteroatoms. The van der Waals surface area contributed by atoms with E-state index in [4.69, 9.17) is 0 Å². The van der Waals surface area contributed by atoms with Crippen molar-refractivity contribution in [2.24, 2.45) is 0 Å². The van der Waals surface area contributed by atoms with Crippen molar-refractivity contribution in [3.8, 4) is 0 Å². The number of halogens is 3. The highest BCUT2D eigenvalue weighted by Crippen LogP contribution is 2.30. The van der Waals surface area contributed by atoms with E-state index in [1.165, 1.54) is 12.1 Å². The molecule has 0 spiro atoms. The smallest absolute Gasteiger partial charge is 0.385 e. The van der Waals surface area contributed by atoms with Crippen LogP contribution in [0.2, 0.25) is 0 Å². The molecular formula is C11H14F3NO4S2. The first-order valence-electron chi connectivity index (χ1n) is 5.76. The first kappa shape index (κ1) is 17.8. The third-order valence-electron chi connectivity index (χ3n) is 2.49. The molecule has 120 valence electrons. The molecule has 0 bridgehead atoms. The number of anilines is 1. The van der Waals surface area contributed by atoms with Crippen LogP contribution in [0.4, 0.5) is 18.9 Å². The zero-order valence-electron chi connectivity index (χ0n) is 11.0. The summed E-state index contributed by atoms with van der Waals surface area (Å²) in [6, 6.07) is 4.08. The van der Waals surface area contributed by atoms with Crippen molar-refractivity contribution in [1.29, 1.82) is 0 Å². The summed E-state index contributed by atoms with van der Waals surface area (Å²) in [5, 5.41) is 2.79. The summed E-state index contributed by atoms with van der Waals surface area (Å²) >= 11 is 0. The van der Waals surface area contributed by atoms with Crippen molar-refractivity contribution in [3.05, 3.63) is 24.3 Å². The Labute approximate surface area is 121 Å². The molecule has 0 aromatic heterocycles. The van der Waals surface area contributed by atoms with Gasteiger partial charge in [0.15, 0.2) is 0 Å². The molecule has 0 fully saturated rings. The fourth-order valence-corrected chi connectivity index (χ4v) is 2.88. The molecule has 1 rings (SSSR count). The summed E-state index contributed by atoms with van der Waals surface area (Å²) in [6.45, 7) is 0.304. The van der Waals surface area contributed by atoms with E-state index < -0.39 is 30.1 Å². The van der Waals surface area contributed by atoms with Crippen LogP contribution in [0.25, 0.3) is 0 Å². The Balaban J connectivity index is 2.68. The standard InChI is InChI=1S/C11H14F3NO4S2/c1-20(16,17)8-2-7-15-9-3-5-10(6-4-9)21(18,19)11(12,13)14/h3-6,15H,2,7-8H2,1H3. The molecule has 0 saturated heterocycles. The second kappa shape index (κ2) is 6.22. The molecule has 0 aliphatic carbocycles. The van der Waals surface area contributed by atoms with Crippen molar-refractivity contribution < 1.29 is 30.0 Å². The van der Waals surface area contributed by atoms with Gasteiger partial charge in [-0.2, -0.15) is 13.2 Å². The minimum absolute atomic E-state index is 0.0134. The molecule has 0 unspecified atom stereocenters. The van der Waals surface area contributed by atoms with Crippen molar-refractivity contribution in [2.75, 3.05) is 23.9 Å². The molecule has 0 saturated carbocycles. The van der Waals surface area contributed by atoms with Crippen molar-refractivity contribution in [1.82, 2.24) is 0 Å². The van der Waals surface area contributed by atoms with Crippen LogP contribution >= 0.6 is 0 Å². The maximum absolute atomic E-state index is 12.3. The fourth-order valence-electron chi connectivity index (χ4n) is 1.45. The van der Waals surface area contributed by atoms with Gasteiger partial charge in [0.2, 0.25) is 0 Å². The van der Waals surface area contributed by atoms with Crippen LogP contribution in [0.1, 0.15) is 6.42 Å². The van der Waals surface area contributed by atoms with Crippen LogP contribution in [0.15, 0.2) is 29.2 Å². The zero-order valence-corrected chi connectivity index (χ0v) is 12.6. The van der Waals surface area contributed by atoms with Gasteiger partial charge in [-0.3, -0.25) is 0 Å². The maximum atomic E-state index is 12.3. The molecule has 1 aromatic rings. The van der Waals surface area contributed by atoms with Crippen LogP contribution in [0, 0.1) is 0 Å². The number of hydrogen-bond donors (Lipinski definition) is 1. The van der Waals surface area contributed by atoms with Gasteiger partial charge in [-0.1, -0.05) is 0 Å². The van der Waals surface area contributed by atoms with Crippen molar-refractivity contribution in [3.63, 3.8) is 0 Å². The topological polar surface area (TPSA) is 80.3 Å². The molecular weight excluding hydrogens is 331 g/mol. The second-order valence-electron chi connectivity index (χ2n) is 4.38. The monoisotopic (exact) mass is 345 g/mol. The lowest BCUT2D eigenvalue weighted by atomic mass is 10.3. The van der Waals surface area contributed by atoms with E-state index in [0.29, 0.717) is 18.7 Å². The van der Waals surface area contributed by atoms with Crippen LogP contribution < -0.4 is 5.32 Å². The molecule has 0 radical (unpaired) electrons. The van der Waals surface area contributed by atoms with Gasteiger partial charge >= 0.3 is 5.51 Å². The normalized spacial score (nSPS) is 13.1. The molecule has 0 aliphatic rings. The van der Waals surface area contributed by atoms with E-state index in [2.05, 4.69) is 5.32 Å². The summed E-state index contributed by atoms with van der Waals surface area (Å²) in [6.07, 6.45) is 1.44. The lowest BCUT2D eigenvalue weighted by Crippen LogP contribution is -2.23. The van der Waals surface area contributed by atoms with E-state index in [0.717, 1.165) is 18.4 Å². The number of nitrogens with one attached hydrogen (secondary N) is 1. The maximum Gasteiger partial charge on any atom is 0.501 e. The molecule has 0 atom stereocenters. The minimum Gasteiger partial charge on any atom is -0.385 e. The average Bonchev–Trinajstić information content (AvgIpc) is 2.33. The highest BCUT2D eigenvalue weighted by molar-refractivity contribution is 7.92. The number of sulfone groups is 2. The van der Waals surface area contributed by atoms with Crippen molar-refractivity contribution >= 4 is 25.4 Å². The Hall–Kier alpha value is -1.29. The number of alkyl halides is 3. The van der Waals surface area contributed by atoms with Gasteiger partial charge in [-0.15, -0.1) is 0 Å². The van der Waals surface area contributed by atoms with Gasteiger partial charge in [-0.25, -0.2) is 16.8 Å². The van der Waals surface area contributed by atoms with E-state index >= 15 is 0 Å².